The minimum atomic E-state index is -3.64. The van der Waals surface area contributed by atoms with Crippen LogP contribution in [-0.2, 0) is 32.5 Å². The highest BCUT2D eigenvalue weighted by molar-refractivity contribution is 7.89. The summed E-state index contributed by atoms with van der Waals surface area (Å²) in [5.41, 5.74) is 2.20. The second-order valence-electron chi connectivity index (χ2n) is 9.41. The number of sulfonamides is 1. The van der Waals surface area contributed by atoms with E-state index in [1.54, 1.807) is 4.57 Å². The Bertz CT molecular complexity index is 1440. The molecule has 8 nitrogen and oxygen atoms in total. The average molecular weight is 530 g/mol. The number of aryl methyl sites for hydroxylation is 1. The van der Waals surface area contributed by atoms with Gasteiger partial charge in [-0.3, -0.25) is 9.59 Å². The molecule has 0 bridgehead atoms. The summed E-state index contributed by atoms with van der Waals surface area (Å²) < 4.78 is 35.2. The lowest BCUT2D eigenvalue weighted by Crippen LogP contribution is -2.42. The number of carbonyl (C=O) groups excluding carboxylic acids is 2. The Balaban J connectivity index is 1.66. The van der Waals surface area contributed by atoms with Crippen molar-refractivity contribution in [2.75, 3.05) is 20.2 Å². The number of hydrogen-bond donors (Lipinski definition) is 0. The number of rotatable bonds is 6. The first kappa shape index (κ1) is 26.2. The number of nitrogens with zero attached hydrogens (tertiary/aromatic N) is 3. The molecule has 4 rings (SSSR count). The molecule has 1 aliphatic rings. The van der Waals surface area contributed by atoms with Gasteiger partial charge in [0.2, 0.25) is 10.0 Å². The number of ether oxygens (including phenoxy) is 1. The molecule has 2 heterocycles. The van der Waals surface area contributed by atoms with Crippen LogP contribution in [0.15, 0.2) is 52.4 Å². The van der Waals surface area contributed by atoms with Crippen molar-refractivity contribution in [2.24, 2.45) is 16.8 Å². The van der Waals surface area contributed by atoms with Crippen LogP contribution >= 0.6 is 11.3 Å². The number of aromatic nitrogens is 1. The van der Waals surface area contributed by atoms with Gasteiger partial charge in [-0.2, -0.15) is 9.30 Å². The molecule has 2 aromatic carbocycles. The molecular weight excluding hydrogens is 498 g/mol. The Morgan fingerprint density at radius 3 is 2.36 bits per heavy atom. The third-order valence-corrected chi connectivity index (χ3v) is 9.33. The van der Waals surface area contributed by atoms with E-state index >= 15 is 0 Å². The molecule has 3 aromatic rings. The third-order valence-electron chi connectivity index (χ3n) is 6.44. The van der Waals surface area contributed by atoms with Gasteiger partial charge in [0.05, 0.1) is 22.2 Å². The first-order chi connectivity index (χ1) is 17.1. The van der Waals surface area contributed by atoms with E-state index in [4.69, 9.17) is 4.74 Å². The largest absolute Gasteiger partial charge is 0.468 e. The van der Waals surface area contributed by atoms with Crippen molar-refractivity contribution >= 4 is 43.5 Å². The lowest BCUT2D eigenvalue weighted by Gasteiger charge is -2.34. The number of thiazole rings is 1. The maximum Gasteiger partial charge on any atom is 0.325 e. The van der Waals surface area contributed by atoms with Gasteiger partial charge in [0.25, 0.3) is 5.91 Å². The number of carbonyl (C=O) groups is 2. The Kier molecular flexibility index (Phi) is 7.77. The van der Waals surface area contributed by atoms with Crippen LogP contribution in [0.2, 0.25) is 0 Å². The first-order valence-corrected chi connectivity index (χ1v) is 14.3. The second-order valence-corrected chi connectivity index (χ2v) is 12.4. The number of piperidine rings is 1. The van der Waals surface area contributed by atoms with Gasteiger partial charge < -0.3 is 9.30 Å². The SMILES string of the molecule is CCc1ccc2c(c1)sc(=NC(=O)c1ccc(S(=O)(=O)N3CC(C)CC(C)C3)cc1)n2CC(=O)OC. The summed E-state index contributed by atoms with van der Waals surface area (Å²) in [6, 6.07) is 11.8. The van der Waals surface area contributed by atoms with E-state index in [1.807, 2.05) is 18.2 Å². The van der Waals surface area contributed by atoms with Crippen molar-refractivity contribution in [3.63, 3.8) is 0 Å². The highest BCUT2D eigenvalue weighted by Crippen LogP contribution is 2.27. The summed E-state index contributed by atoms with van der Waals surface area (Å²) in [5.74, 6) is -0.358. The van der Waals surface area contributed by atoms with Gasteiger partial charge in [0.1, 0.15) is 6.54 Å². The summed E-state index contributed by atoms with van der Waals surface area (Å²) in [5, 5.41) is 0. The molecule has 10 heteroatoms. The van der Waals surface area contributed by atoms with Gasteiger partial charge in [0.15, 0.2) is 4.80 Å². The van der Waals surface area contributed by atoms with E-state index in [0.717, 1.165) is 28.6 Å². The van der Waals surface area contributed by atoms with Crippen molar-refractivity contribution in [1.29, 1.82) is 0 Å². The number of amides is 1. The Morgan fingerprint density at radius 1 is 1.08 bits per heavy atom. The van der Waals surface area contributed by atoms with E-state index in [9.17, 15) is 18.0 Å². The highest BCUT2D eigenvalue weighted by Gasteiger charge is 2.31. The summed E-state index contributed by atoms with van der Waals surface area (Å²) in [6.45, 7) is 7.10. The van der Waals surface area contributed by atoms with Crippen molar-refractivity contribution in [2.45, 2.75) is 45.1 Å². The molecule has 2 atom stereocenters. The fourth-order valence-corrected chi connectivity index (χ4v) is 7.41. The van der Waals surface area contributed by atoms with Crippen LogP contribution in [0.3, 0.4) is 0 Å². The van der Waals surface area contributed by atoms with Crippen molar-refractivity contribution < 1.29 is 22.7 Å². The zero-order valence-corrected chi connectivity index (χ0v) is 22.6. The predicted octanol–water partition coefficient (Wildman–Crippen LogP) is 3.85. The maximum absolute atomic E-state index is 13.2. The van der Waals surface area contributed by atoms with Crippen LogP contribution in [0.25, 0.3) is 10.2 Å². The summed E-state index contributed by atoms with van der Waals surface area (Å²) in [7, 11) is -2.32. The third kappa shape index (κ3) is 5.45. The van der Waals surface area contributed by atoms with E-state index < -0.39 is 21.9 Å². The smallest absolute Gasteiger partial charge is 0.325 e. The fraction of sp³-hybridized carbons (Fsp3) is 0.423. The maximum atomic E-state index is 13.2. The van der Waals surface area contributed by atoms with E-state index in [0.29, 0.717) is 29.7 Å². The monoisotopic (exact) mass is 529 g/mol. The number of esters is 1. The molecule has 1 fully saturated rings. The van der Waals surface area contributed by atoms with Crippen molar-refractivity contribution in [3.05, 3.63) is 58.4 Å². The molecule has 1 aliphatic heterocycles. The van der Waals surface area contributed by atoms with Gasteiger partial charge in [-0.1, -0.05) is 38.2 Å². The Morgan fingerprint density at radius 2 is 1.75 bits per heavy atom. The van der Waals surface area contributed by atoms with Crippen LogP contribution in [-0.4, -0.2) is 49.4 Å². The zero-order valence-electron chi connectivity index (χ0n) is 20.9. The molecule has 1 aromatic heterocycles. The molecule has 0 spiro atoms. The molecule has 2 unspecified atom stereocenters. The number of methoxy groups -OCH3 is 1. The van der Waals surface area contributed by atoms with Crippen molar-refractivity contribution in [1.82, 2.24) is 8.87 Å². The zero-order chi connectivity index (χ0) is 26.0. The summed E-state index contributed by atoms with van der Waals surface area (Å²) >= 11 is 1.32. The quantitative estimate of drug-likeness (QED) is 0.452. The van der Waals surface area contributed by atoms with Crippen LogP contribution in [0.5, 0.6) is 0 Å². The van der Waals surface area contributed by atoms with Crippen LogP contribution < -0.4 is 4.80 Å². The number of benzene rings is 2. The van der Waals surface area contributed by atoms with Gasteiger partial charge in [-0.15, -0.1) is 0 Å². The predicted molar refractivity (Wildman–Crippen MR) is 139 cm³/mol. The summed E-state index contributed by atoms with van der Waals surface area (Å²) in [6.07, 6.45) is 1.87. The molecule has 1 saturated heterocycles. The molecule has 0 saturated carbocycles. The van der Waals surface area contributed by atoms with Crippen LogP contribution in [0.4, 0.5) is 0 Å². The first-order valence-electron chi connectivity index (χ1n) is 12.0. The van der Waals surface area contributed by atoms with Gasteiger partial charge in [-0.05, 0) is 66.6 Å². The minimum absolute atomic E-state index is 0.0715. The molecule has 0 radical (unpaired) electrons. The Labute approximate surface area is 215 Å². The van der Waals surface area contributed by atoms with Gasteiger partial charge in [-0.25, -0.2) is 8.42 Å². The second kappa shape index (κ2) is 10.7. The molecule has 0 aliphatic carbocycles. The van der Waals surface area contributed by atoms with Crippen LogP contribution in [0.1, 0.15) is 43.1 Å². The molecule has 192 valence electrons. The Hall–Kier alpha value is -2.82. The van der Waals surface area contributed by atoms with E-state index in [2.05, 4.69) is 25.8 Å². The lowest BCUT2D eigenvalue weighted by atomic mass is 9.94. The fourth-order valence-electron chi connectivity index (χ4n) is 4.64. The number of hydrogen-bond acceptors (Lipinski definition) is 6. The normalized spacial score (nSPS) is 19.5. The molecule has 36 heavy (non-hydrogen) atoms. The van der Waals surface area contributed by atoms with Crippen LogP contribution in [0, 0.1) is 11.8 Å². The minimum Gasteiger partial charge on any atom is -0.468 e. The van der Waals surface area contributed by atoms with Crippen molar-refractivity contribution in [3.8, 4) is 0 Å². The lowest BCUT2D eigenvalue weighted by molar-refractivity contribution is -0.141. The highest BCUT2D eigenvalue weighted by atomic mass is 32.2. The van der Waals surface area contributed by atoms with E-state index in [-0.39, 0.29) is 17.0 Å². The number of fused-ring (bicyclic) bond motifs is 1. The van der Waals surface area contributed by atoms with Gasteiger partial charge >= 0.3 is 5.97 Å². The standard InChI is InChI=1S/C26H31N3O5S2/c1-5-19-6-11-22-23(13-19)35-26(29(22)16-24(30)34-4)27-25(31)20-7-9-21(10-8-20)36(32,33)28-14-17(2)12-18(3)15-28/h6-11,13,17-18H,5,12,14-16H2,1-4H3. The molecular formula is C26H31N3O5S2. The topological polar surface area (TPSA) is 98.0 Å². The summed E-state index contributed by atoms with van der Waals surface area (Å²) in [4.78, 5) is 29.9. The van der Waals surface area contributed by atoms with Gasteiger partial charge in [0, 0.05) is 18.7 Å². The average Bonchev–Trinajstić information content (AvgIpc) is 3.18. The van der Waals surface area contributed by atoms with E-state index in [1.165, 1.54) is 47.0 Å². The molecule has 1 amide bonds. The molecule has 0 N–H and O–H groups in total.